The highest BCUT2D eigenvalue weighted by Gasteiger charge is 2.23. The molecule has 0 atom stereocenters. The van der Waals surface area contributed by atoms with Crippen LogP contribution in [0.1, 0.15) is 15.9 Å². The molecule has 122 valence electrons. The zero-order valence-electron chi connectivity index (χ0n) is 13.5. The Hall–Kier alpha value is -2.66. The summed E-state index contributed by atoms with van der Waals surface area (Å²) < 4.78 is 0. The molecule has 1 fully saturated rings. The Kier molecular flexibility index (Phi) is 4.01. The number of hydrogen-bond acceptors (Lipinski definition) is 3. The number of benzene rings is 2. The number of carbonyl (C=O) groups excluding carboxylic acids is 1. The first-order valence-corrected chi connectivity index (χ1v) is 8.29. The molecule has 0 aliphatic carbocycles. The van der Waals surface area contributed by atoms with Crippen LogP contribution in [0.25, 0.3) is 10.9 Å². The molecule has 1 aromatic heterocycles. The quantitative estimate of drug-likeness (QED) is 0.807. The average molecular weight is 320 g/mol. The van der Waals surface area contributed by atoms with Crippen LogP contribution in [0.3, 0.4) is 0 Å². The number of aromatic nitrogens is 2. The number of nitrogens with one attached hydrogen (secondary N) is 1. The minimum absolute atomic E-state index is 0.0872. The Bertz CT molecular complexity index is 835. The van der Waals surface area contributed by atoms with E-state index in [4.69, 9.17) is 0 Å². The normalized spacial score (nSPS) is 15.8. The summed E-state index contributed by atoms with van der Waals surface area (Å²) in [6.45, 7) is 4.27. The van der Waals surface area contributed by atoms with Crippen LogP contribution in [0.15, 0.2) is 54.7 Å². The van der Waals surface area contributed by atoms with Crippen molar-refractivity contribution in [3.05, 3.63) is 65.9 Å². The first-order chi connectivity index (χ1) is 11.8. The van der Waals surface area contributed by atoms with E-state index in [9.17, 15) is 4.79 Å². The summed E-state index contributed by atoms with van der Waals surface area (Å²) in [5, 5.41) is 7.96. The van der Waals surface area contributed by atoms with Crippen molar-refractivity contribution in [2.75, 3.05) is 26.2 Å². The Morgan fingerprint density at radius 1 is 1.00 bits per heavy atom. The fourth-order valence-corrected chi connectivity index (χ4v) is 3.27. The van der Waals surface area contributed by atoms with Crippen molar-refractivity contribution in [1.82, 2.24) is 20.0 Å². The molecular formula is C19H20N4O. The maximum absolute atomic E-state index is 12.8. The van der Waals surface area contributed by atoms with Crippen molar-refractivity contribution in [2.45, 2.75) is 6.54 Å². The number of aromatic amines is 1. The predicted octanol–water partition coefficient (Wildman–Crippen LogP) is 2.52. The van der Waals surface area contributed by atoms with Gasteiger partial charge >= 0.3 is 0 Å². The molecule has 1 N–H and O–H groups in total. The van der Waals surface area contributed by atoms with Gasteiger partial charge < -0.3 is 4.90 Å². The molecular weight excluding hydrogens is 300 g/mol. The molecule has 2 aromatic carbocycles. The van der Waals surface area contributed by atoms with Gasteiger partial charge in [0.1, 0.15) is 0 Å². The third kappa shape index (κ3) is 2.90. The summed E-state index contributed by atoms with van der Waals surface area (Å²) in [4.78, 5) is 17.2. The van der Waals surface area contributed by atoms with Crippen molar-refractivity contribution < 1.29 is 4.79 Å². The van der Waals surface area contributed by atoms with Crippen molar-refractivity contribution in [3.8, 4) is 0 Å². The SMILES string of the molecule is O=C(c1cccc2cn[nH]c12)N1CCN(Cc2ccccc2)CC1. The number of H-pyrrole nitrogens is 1. The highest BCUT2D eigenvalue weighted by atomic mass is 16.2. The molecule has 5 nitrogen and oxygen atoms in total. The molecule has 0 unspecified atom stereocenters. The molecule has 5 heteroatoms. The van der Waals surface area contributed by atoms with Gasteiger partial charge in [0.05, 0.1) is 17.3 Å². The largest absolute Gasteiger partial charge is 0.336 e. The second-order valence-electron chi connectivity index (χ2n) is 6.19. The minimum atomic E-state index is 0.0872. The van der Waals surface area contributed by atoms with E-state index >= 15 is 0 Å². The van der Waals surface area contributed by atoms with E-state index in [0.717, 1.165) is 43.6 Å². The number of carbonyl (C=O) groups is 1. The van der Waals surface area contributed by atoms with Gasteiger partial charge in [0.2, 0.25) is 0 Å². The fourth-order valence-electron chi connectivity index (χ4n) is 3.27. The van der Waals surface area contributed by atoms with Crippen LogP contribution in [-0.4, -0.2) is 52.1 Å². The lowest BCUT2D eigenvalue weighted by atomic mass is 10.1. The topological polar surface area (TPSA) is 52.2 Å². The first-order valence-electron chi connectivity index (χ1n) is 8.29. The maximum Gasteiger partial charge on any atom is 0.256 e. The zero-order valence-corrected chi connectivity index (χ0v) is 13.5. The second-order valence-corrected chi connectivity index (χ2v) is 6.19. The summed E-state index contributed by atoms with van der Waals surface area (Å²) in [7, 11) is 0. The number of amides is 1. The maximum atomic E-state index is 12.8. The van der Waals surface area contributed by atoms with Gasteiger partial charge in [-0.2, -0.15) is 5.10 Å². The summed E-state index contributed by atoms with van der Waals surface area (Å²) >= 11 is 0. The lowest BCUT2D eigenvalue weighted by Gasteiger charge is -2.34. The van der Waals surface area contributed by atoms with Crippen LogP contribution in [0.5, 0.6) is 0 Å². The van der Waals surface area contributed by atoms with E-state index in [1.165, 1.54) is 5.56 Å². The number of rotatable bonds is 3. The molecule has 0 bridgehead atoms. The van der Waals surface area contributed by atoms with Gasteiger partial charge in [-0.3, -0.25) is 14.8 Å². The third-order valence-electron chi connectivity index (χ3n) is 4.62. The minimum Gasteiger partial charge on any atom is -0.336 e. The Labute approximate surface area is 140 Å². The van der Waals surface area contributed by atoms with Crippen LogP contribution in [-0.2, 0) is 6.54 Å². The lowest BCUT2D eigenvalue weighted by molar-refractivity contribution is 0.0630. The van der Waals surface area contributed by atoms with Crippen LogP contribution in [0.4, 0.5) is 0 Å². The van der Waals surface area contributed by atoms with E-state index in [1.54, 1.807) is 6.20 Å². The van der Waals surface area contributed by atoms with Gasteiger partial charge in [-0.05, 0) is 11.6 Å². The van der Waals surface area contributed by atoms with Gasteiger partial charge in [0, 0.05) is 38.1 Å². The number of piperazine rings is 1. The summed E-state index contributed by atoms with van der Waals surface area (Å²) in [6, 6.07) is 16.2. The molecule has 0 radical (unpaired) electrons. The molecule has 2 heterocycles. The van der Waals surface area contributed by atoms with Crippen LogP contribution in [0.2, 0.25) is 0 Å². The van der Waals surface area contributed by atoms with Crippen LogP contribution >= 0.6 is 0 Å². The summed E-state index contributed by atoms with van der Waals surface area (Å²) in [6.07, 6.45) is 1.75. The van der Waals surface area contributed by atoms with E-state index in [-0.39, 0.29) is 5.91 Å². The molecule has 24 heavy (non-hydrogen) atoms. The molecule has 1 saturated heterocycles. The lowest BCUT2D eigenvalue weighted by Crippen LogP contribution is -2.48. The molecule has 1 aliphatic rings. The summed E-state index contributed by atoms with van der Waals surface area (Å²) in [5.74, 6) is 0.0872. The fraction of sp³-hybridized carbons (Fsp3) is 0.263. The van der Waals surface area contributed by atoms with Gasteiger partial charge in [0.15, 0.2) is 0 Å². The van der Waals surface area contributed by atoms with Crippen LogP contribution in [0, 0.1) is 0 Å². The first kappa shape index (κ1) is 14.9. The van der Waals surface area contributed by atoms with Gasteiger partial charge in [-0.15, -0.1) is 0 Å². The van der Waals surface area contributed by atoms with E-state index in [2.05, 4.69) is 39.4 Å². The van der Waals surface area contributed by atoms with Crippen LogP contribution < -0.4 is 0 Å². The number of fused-ring (bicyclic) bond motifs is 1. The Morgan fingerprint density at radius 3 is 2.58 bits per heavy atom. The highest BCUT2D eigenvalue weighted by Crippen LogP contribution is 2.18. The smallest absolute Gasteiger partial charge is 0.256 e. The van der Waals surface area contributed by atoms with Crippen molar-refractivity contribution in [2.24, 2.45) is 0 Å². The third-order valence-corrected chi connectivity index (χ3v) is 4.62. The molecule has 1 amide bonds. The Morgan fingerprint density at radius 2 is 1.79 bits per heavy atom. The molecule has 4 rings (SSSR count). The monoisotopic (exact) mass is 320 g/mol. The van der Waals surface area contributed by atoms with Crippen molar-refractivity contribution in [1.29, 1.82) is 0 Å². The second kappa shape index (κ2) is 6.45. The molecule has 3 aromatic rings. The number of hydrogen-bond donors (Lipinski definition) is 1. The van der Waals surface area contributed by atoms with E-state index in [1.807, 2.05) is 29.2 Å². The predicted molar refractivity (Wildman–Crippen MR) is 93.7 cm³/mol. The van der Waals surface area contributed by atoms with E-state index < -0.39 is 0 Å². The van der Waals surface area contributed by atoms with Crippen molar-refractivity contribution in [3.63, 3.8) is 0 Å². The summed E-state index contributed by atoms with van der Waals surface area (Å²) in [5.41, 5.74) is 2.86. The number of para-hydroxylation sites is 1. The standard InChI is InChI=1S/C19H20N4O/c24-19(17-8-4-7-16-13-20-21-18(16)17)23-11-9-22(10-12-23)14-15-5-2-1-3-6-15/h1-8,13H,9-12,14H2,(H,20,21). The van der Waals surface area contributed by atoms with Gasteiger partial charge in [-0.1, -0.05) is 42.5 Å². The van der Waals surface area contributed by atoms with Crippen molar-refractivity contribution >= 4 is 16.8 Å². The molecule has 1 aliphatic heterocycles. The molecule has 0 saturated carbocycles. The highest BCUT2D eigenvalue weighted by molar-refractivity contribution is 6.05. The number of nitrogens with zero attached hydrogens (tertiary/aromatic N) is 3. The van der Waals surface area contributed by atoms with Gasteiger partial charge in [-0.25, -0.2) is 0 Å². The Balaban J connectivity index is 1.42. The average Bonchev–Trinajstić information content (AvgIpc) is 3.11. The van der Waals surface area contributed by atoms with E-state index in [0.29, 0.717) is 5.56 Å². The molecule has 0 spiro atoms. The van der Waals surface area contributed by atoms with Gasteiger partial charge in [0.25, 0.3) is 5.91 Å². The zero-order chi connectivity index (χ0) is 16.4.